The predicted molar refractivity (Wildman–Crippen MR) is 90.2 cm³/mol. The molecule has 1 aliphatic heterocycles. The minimum absolute atomic E-state index is 0.0295. The number of carbonyl (C=O) groups excluding carboxylic acids is 1. The van der Waals surface area contributed by atoms with Crippen molar-refractivity contribution >= 4 is 5.91 Å². The number of benzene rings is 1. The Kier molecular flexibility index (Phi) is 6.46. The van der Waals surface area contributed by atoms with Gasteiger partial charge in [-0.3, -0.25) is 4.79 Å². The molecule has 1 aromatic rings. The third-order valence-electron chi connectivity index (χ3n) is 4.53. The van der Waals surface area contributed by atoms with Gasteiger partial charge in [-0.25, -0.2) is 0 Å². The maximum atomic E-state index is 12.5. The molecule has 4 nitrogen and oxygen atoms in total. The highest BCUT2D eigenvalue weighted by Gasteiger charge is 2.24. The third-order valence-corrected chi connectivity index (χ3v) is 4.53. The summed E-state index contributed by atoms with van der Waals surface area (Å²) in [4.78, 5) is 14.3. The molecule has 1 unspecified atom stereocenters. The van der Waals surface area contributed by atoms with Gasteiger partial charge in [0.15, 0.2) is 0 Å². The van der Waals surface area contributed by atoms with Crippen LogP contribution in [-0.2, 0) is 4.79 Å². The third kappa shape index (κ3) is 4.99. The maximum absolute atomic E-state index is 12.5. The highest BCUT2D eigenvalue weighted by molar-refractivity contribution is 5.81. The molecule has 23 heavy (non-hydrogen) atoms. The van der Waals surface area contributed by atoms with Gasteiger partial charge < -0.3 is 9.64 Å². The lowest BCUT2D eigenvalue weighted by atomic mass is 10.1. The Hall–Kier alpha value is -2.02. The maximum Gasteiger partial charge on any atom is 0.240 e. The Morgan fingerprint density at radius 1 is 1.22 bits per heavy atom. The zero-order chi connectivity index (χ0) is 16.7. The summed E-state index contributed by atoms with van der Waals surface area (Å²) in [6.07, 6.45) is 4.89. The molecule has 0 saturated carbocycles. The van der Waals surface area contributed by atoms with Crippen LogP contribution in [0.2, 0.25) is 0 Å². The van der Waals surface area contributed by atoms with Gasteiger partial charge in [0.2, 0.25) is 5.91 Å². The Morgan fingerprint density at radius 2 is 1.91 bits per heavy atom. The Morgan fingerprint density at radius 3 is 2.52 bits per heavy atom. The molecular formula is C19H26N2O2. The van der Waals surface area contributed by atoms with Crippen molar-refractivity contribution in [2.75, 3.05) is 19.7 Å². The van der Waals surface area contributed by atoms with Crippen molar-refractivity contribution < 1.29 is 9.53 Å². The molecule has 1 heterocycles. The zero-order valence-corrected chi connectivity index (χ0v) is 14.2. The second-order valence-corrected chi connectivity index (χ2v) is 6.30. The number of likely N-dealkylation sites (tertiary alicyclic amines) is 1. The first-order valence-corrected chi connectivity index (χ1v) is 8.50. The molecule has 1 atom stereocenters. The van der Waals surface area contributed by atoms with Gasteiger partial charge in [-0.1, -0.05) is 18.9 Å². The van der Waals surface area contributed by atoms with Gasteiger partial charge in [0.05, 0.1) is 12.7 Å². The summed E-state index contributed by atoms with van der Waals surface area (Å²) in [7, 11) is 0. The van der Waals surface area contributed by atoms with E-state index in [1.54, 1.807) is 0 Å². The van der Waals surface area contributed by atoms with Crippen LogP contribution in [0, 0.1) is 31.1 Å². The van der Waals surface area contributed by atoms with Gasteiger partial charge in [-0.05, 0) is 49.9 Å². The normalized spacial score (nSPS) is 16.3. The smallest absolute Gasteiger partial charge is 0.240 e. The van der Waals surface area contributed by atoms with Gasteiger partial charge in [0.25, 0.3) is 0 Å². The van der Waals surface area contributed by atoms with Gasteiger partial charge >= 0.3 is 0 Å². The van der Waals surface area contributed by atoms with Crippen LogP contribution in [0.15, 0.2) is 18.2 Å². The van der Waals surface area contributed by atoms with E-state index in [4.69, 9.17) is 4.74 Å². The van der Waals surface area contributed by atoms with E-state index in [0.29, 0.717) is 13.0 Å². The molecule has 2 rings (SSSR count). The lowest BCUT2D eigenvalue weighted by molar-refractivity contribution is -0.134. The van der Waals surface area contributed by atoms with Crippen LogP contribution in [0.3, 0.4) is 0 Å². The van der Waals surface area contributed by atoms with Crippen molar-refractivity contribution in [2.24, 2.45) is 5.92 Å². The van der Waals surface area contributed by atoms with Crippen molar-refractivity contribution in [3.8, 4) is 11.8 Å². The number of carbonyl (C=O) groups is 1. The van der Waals surface area contributed by atoms with Crippen LogP contribution < -0.4 is 4.74 Å². The SMILES string of the molecule is Cc1ccc(OCCC(C#N)C(=O)N2CCCCCC2)cc1C. The highest BCUT2D eigenvalue weighted by Crippen LogP contribution is 2.18. The van der Waals surface area contributed by atoms with E-state index < -0.39 is 5.92 Å². The van der Waals surface area contributed by atoms with Crippen LogP contribution in [-0.4, -0.2) is 30.5 Å². The fourth-order valence-corrected chi connectivity index (χ4v) is 2.85. The first-order chi connectivity index (χ1) is 11.1. The predicted octanol–water partition coefficient (Wildman–Crippen LogP) is 3.61. The summed E-state index contributed by atoms with van der Waals surface area (Å²) < 4.78 is 5.71. The fraction of sp³-hybridized carbons (Fsp3) is 0.579. The van der Waals surface area contributed by atoms with Gasteiger partial charge in [-0.2, -0.15) is 5.26 Å². The zero-order valence-electron chi connectivity index (χ0n) is 14.2. The Balaban J connectivity index is 1.85. The largest absolute Gasteiger partial charge is 0.494 e. The summed E-state index contributed by atoms with van der Waals surface area (Å²) in [5.41, 5.74) is 2.41. The van der Waals surface area contributed by atoms with Crippen LogP contribution in [0.5, 0.6) is 5.75 Å². The summed E-state index contributed by atoms with van der Waals surface area (Å²) in [5, 5.41) is 9.32. The Labute approximate surface area is 139 Å². The number of hydrogen-bond acceptors (Lipinski definition) is 3. The molecule has 0 bridgehead atoms. The number of nitrogens with zero attached hydrogens (tertiary/aromatic N) is 2. The van der Waals surface area contributed by atoms with Gasteiger partial charge in [0.1, 0.15) is 11.7 Å². The summed E-state index contributed by atoms with van der Waals surface area (Å²) in [6.45, 7) is 6.07. The van der Waals surface area contributed by atoms with Crippen LogP contribution in [0.4, 0.5) is 0 Å². The van der Waals surface area contributed by atoms with E-state index in [9.17, 15) is 10.1 Å². The van der Waals surface area contributed by atoms with Crippen LogP contribution >= 0.6 is 0 Å². The van der Waals surface area contributed by atoms with E-state index in [2.05, 4.69) is 13.0 Å². The summed E-state index contributed by atoms with van der Waals surface area (Å²) in [5.74, 6) is 0.171. The van der Waals surface area contributed by atoms with E-state index in [1.807, 2.05) is 30.0 Å². The number of ether oxygens (including phenoxy) is 1. The second kappa shape index (κ2) is 8.57. The van der Waals surface area contributed by atoms with Crippen molar-refractivity contribution in [1.29, 1.82) is 5.26 Å². The van der Waals surface area contributed by atoms with E-state index in [0.717, 1.165) is 31.7 Å². The topological polar surface area (TPSA) is 53.3 Å². The molecule has 0 N–H and O–H groups in total. The molecule has 4 heteroatoms. The molecule has 0 aliphatic carbocycles. The average molecular weight is 314 g/mol. The molecule has 1 amide bonds. The fourth-order valence-electron chi connectivity index (χ4n) is 2.85. The number of amides is 1. The molecule has 0 aromatic heterocycles. The van der Waals surface area contributed by atoms with Crippen LogP contribution in [0.1, 0.15) is 43.2 Å². The van der Waals surface area contributed by atoms with E-state index in [-0.39, 0.29) is 5.91 Å². The Bertz CT molecular complexity index is 569. The quantitative estimate of drug-likeness (QED) is 0.834. The number of rotatable bonds is 5. The summed E-state index contributed by atoms with van der Waals surface area (Å²) in [6, 6.07) is 8.10. The van der Waals surface area contributed by atoms with Crippen molar-refractivity contribution in [3.63, 3.8) is 0 Å². The van der Waals surface area contributed by atoms with Gasteiger partial charge in [0, 0.05) is 19.5 Å². The van der Waals surface area contributed by atoms with Crippen molar-refractivity contribution in [1.82, 2.24) is 4.90 Å². The molecular weight excluding hydrogens is 288 g/mol. The minimum atomic E-state index is -0.598. The number of nitriles is 1. The van der Waals surface area contributed by atoms with E-state index in [1.165, 1.54) is 24.0 Å². The van der Waals surface area contributed by atoms with Crippen molar-refractivity contribution in [2.45, 2.75) is 46.0 Å². The van der Waals surface area contributed by atoms with E-state index >= 15 is 0 Å². The lowest BCUT2D eigenvalue weighted by Gasteiger charge is -2.23. The number of hydrogen-bond donors (Lipinski definition) is 0. The first kappa shape index (κ1) is 17.3. The number of aryl methyl sites for hydroxylation is 2. The van der Waals surface area contributed by atoms with Crippen molar-refractivity contribution in [3.05, 3.63) is 29.3 Å². The highest BCUT2D eigenvalue weighted by atomic mass is 16.5. The van der Waals surface area contributed by atoms with Crippen LogP contribution in [0.25, 0.3) is 0 Å². The summed E-state index contributed by atoms with van der Waals surface area (Å²) >= 11 is 0. The molecule has 1 saturated heterocycles. The minimum Gasteiger partial charge on any atom is -0.494 e. The standard InChI is InChI=1S/C19H26N2O2/c1-15-7-8-18(13-16(15)2)23-12-9-17(14-20)19(22)21-10-5-3-4-6-11-21/h7-8,13,17H,3-6,9-12H2,1-2H3. The first-order valence-electron chi connectivity index (χ1n) is 8.50. The second-order valence-electron chi connectivity index (χ2n) is 6.30. The molecule has 124 valence electrons. The monoisotopic (exact) mass is 314 g/mol. The lowest BCUT2D eigenvalue weighted by Crippen LogP contribution is -2.37. The molecule has 1 aliphatic rings. The van der Waals surface area contributed by atoms with Gasteiger partial charge in [-0.15, -0.1) is 0 Å². The molecule has 1 fully saturated rings. The molecule has 1 aromatic carbocycles. The molecule has 0 spiro atoms. The molecule has 0 radical (unpaired) electrons. The average Bonchev–Trinajstić information content (AvgIpc) is 2.83.